The third kappa shape index (κ3) is 7.81. The van der Waals surface area contributed by atoms with Crippen LogP contribution in [0, 0.1) is 5.82 Å². The highest BCUT2D eigenvalue weighted by Crippen LogP contribution is 2.22. The van der Waals surface area contributed by atoms with E-state index in [1.807, 2.05) is 12.1 Å². The van der Waals surface area contributed by atoms with Crippen LogP contribution in [0.15, 0.2) is 40.8 Å². The van der Waals surface area contributed by atoms with Gasteiger partial charge in [-0.05, 0) is 55.9 Å². The average Bonchev–Trinajstić information content (AvgIpc) is 2.96. The van der Waals surface area contributed by atoms with Crippen LogP contribution in [0.2, 0.25) is 0 Å². The SMILES string of the molecule is Cl.Cl.OCCNCCCNCc1ccc(-c2ccc(F)cc2)o1. The maximum absolute atomic E-state index is 12.9. The molecular formula is C16H23Cl2FN2O2. The Hall–Kier alpha value is -1.11. The van der Waals surface area contributed by atoms with Gasteiger partial charge in [0.25, 0.3) is 0 Å². The van der Waals surface area contributed by atoms with Crippen molar-refractivity contribution in [3.8, 4) is 11.3 Å². The van der Waals surface area contributed by atoms with Crippen LogP contribution in [-0.2, 0) is 6.54 Å². The fourth-order valence-electron chi connectivity index (χ4n) is 2.00. The Kier molecular flexibility index (Phi) is 11.7. The van der Waals surface area contributed by atoms with E-state index >= 15 is 0 Å². The van der Waals surface area contributed by atoms with E-state index in [0.29, 0.717) is 13.1 Å². The first kappa shape index (κ1) is 21.9. The number of hydrogen-bond acceptors (Lipinski definition) is 4. The van der Waals surface area contributed by atoms with Gasteiger partial charge in [0, 0.05) is 12.1 Å². The summed E-state index contributed by atoms with van der Waals surface area (Å²) in [5.74, 6) is 1.36. The first-order valence-corrected chi connectivity index (χ1v) is 7.16. The lowest BCUT2D eigenvalue weighted by Crippen LogP contribution is -2.23. The second kappa shape index (κ2) is 12.3. The fourth-order valence-corrected chi connectivity index (χ4v) is 2.00. The van der Waals surface area contributed by atoms with Gasteiger partial charge < -0.3 is 20.2 Å². The van der Waals surface area contributed by atoms with Gasteiger partial charge in [-0.2, -0.15) is 0 Å². The molecule has 1 heterocycles. The van der Waals surface area contributed by atoms with Gasteiger partial charge in [0.05, 0.1) is 13.2 Å². The Bertz CT molecular complexity index is 535. The largest absolute Gasteiger partial charge is 0.460 e. The number of furan rings is 1. The predicted molar refractivity (Wildman–Crippen MR) is 94.9 cm³/mol. The standard InChI is InChI=1S/C16H21FN2O2.2ClH/c17-14-4-2-13(3-5-14)16-7-6-15(21-16)12-19-9-1-8-18-10-11-20;;/h2-7,18-20H,1,8-12H2;2*1H. The Morgan fingerprint density at radius 2 is 1.61 bits per heavy atom. The molecule has 0 atom stereocenters. The number of nitrogens with one attached hydrogen (secondary N) is 2. The van der Waals surface area contributed by atoms with E-state index in [4.69, 9.17) is 9.52 Å². The minimum Gasteiger partial charge on any atom is -0.460 e. The average molecular weight is 365 g/mol. The summed E-state index contributed by atoms with van der Waals surface area (Å²) < 4.78 is 18.6. The molecule has 7 heteroatoms. The molecule has 0 saturated carbocycles. The molecular weight excluding hydrogens is 342 g/mol. The molecule has 0 aliphatic rings. The lowest BCUT2D eigenvalue weighted by Gasteiger charge is -2.04. The number of hydrogen-bond donors (Lipinski definition) is 3. The van der Waals surface area contributed by atoms with Gasteiger partial charge in [-0.1, -0.05) is 0 Å². The van der Waals surface area contributed by atoms with Gasteiger partial charge in [-0.25, -0.2) is 4.39 Å². The van der Waals surface area contributed by atoms with Crippen LogP contribution < -0.4 is 10.6 Å². The minimum absolute atomic E-state index is 0. The molecule has 0 aliphatic heterocycles. The molecule has 23 heavy (non-hydrogen) atoms. The quantitative estimate of drug-likeness (QED) is 0.598. The zero-order chi connectivity index (χ0) is 14.9. The van der Waals surface area contributed by atoms with Gasteiger partial charge in [0.15, 0.2) is 0 Å². The molecule has 3 N–H and O–H groups in total. The van der Waals surface area contributed by atoms with E-state index in [1.165, 1.54) is 12.1 Å². The highest BCUT2D eigenvalue weighted by Gasteiger charge is 2.04. The number of benzene rings is 1. The minimum atomic E-state index is -0.248. The molecule has 0 spiro atoms. The zero-order valence-electron chi connectivity index (χ0n) is 12.8. The van der Waals surface area contributed by atoms with Crippen molar-refractivity contribution in [2.45, 2.75) is 13.0 Å². The maximum Gasteiger partial charge on any atom is 0.134 e. The van der Waals surface area contributed by atoms with Crippen LogP contribution in [0.1, 0.15) is 12.2 Å². The fraction of sp³-hybridized carbons (Fsp3) is 0.375. The van der Waals surface area contributed by atoms with Gasteiger partial charge >= 0.3 is 0 Å². The summed E-state index contributed by atoms with van der Waals surface area (Å²) >= 11 is 0. The lowest BCUT2D eigenvalue weighted by atomic mass is 10.2. The van der Waals surface area contributed by atoms with E-state index < -0.39 is 0 Å². The number of aliphatic hydroxyl groups is 1. The second-order valence-electron chi connectivity index (χ2n) is 4.78. The molecule has 2 rings (SSSR count). The van der Waals surface area contributed by atoms with E-state index in [0.717, 1.165) is 36.6 Å². The van der Waals surface area contributed by atoms with Crippen molar-refractivity contribution in [3.63, 3.8) is 0 Å². The predicted octanol–water partition coefficient (Wildman–Crippen LogP) is 2.99. The monoisotopic (exact) mass is 364 g/mol. The Morgan fingerprint density at radius 3 is 2.30 bits per heavy atom. The van der Waals surface area contributed by atoms with Crippen molar-refractivity contribution in [2.24, 2.45) is 0 Å². The van der Waals surface area contributed by atoms with E-state index in [9.17, 15) is 4.39 Å². The topological polar surface area (TPSA) is 57.4 Å². The van der Waals surface area contributed by atoms with Crippen molar-refractivity contribution in [3.05, 3.63) is 48.0 Å². The summed E-state index contributed by atoms with van der Waals surface area (Å²) in [5.41, 5.74) is 0.871. The van der Waals surface area contributed by atoms with Crippen LogP contribution in [0.5, 0.6) is 0 Å². The molecule has 130 valence electrons. The lowest BCUT2D eigenvalue weighted by molar-refractivity contribution is 0.292. The van der Waals surface area contributed by atoms with E-state index in [1.54, 1.807) is 12.1 Å². The molecule has 0 amide bonds. The normalized spacial score (nSPS) is 10.0. The maximum atomic E-state index is 12.9. The number of halogens is 3. The molecule has 0 radical (unpaired) electrons. The third-order valence-electron chi connectivity index (χ3n) is 3.09. The van der Waals surface area contributed by atoms with E-state index in [2.05, 4.69) is 10.6 Å². The first-order chi connectivity index (χ1) is 10.3. The van der Waals surface area contributed by atoms with Crippen LogP contribution in [0.3, 0.4) is 0 Å². The van der Waals surface area contributed by atoms with Crippen LogP contribution in [0.25, 0.3) is 11.3 Å². The molecule has 1 aromatic carbocycles. The number of aliphatic hydroxyl groups excluding tert-OH is 1. The summed E-state index contributed by atoms with van der Waals surface area (Å²) in [6.07, 6.45) is 0.992. The summed E-state index contributed by atoms with van der Waals surface area (Å²) in [4.78, 5) is 0. The summed E-state index contributed by atoms with van der Waals surface area (Å²) in [5, 5.41) is 15.0. The Morgan fingerprint density at radius 1 is 0.913 bits per heavy atom. The first-order valence-electron chi connectivity index (χ1n) is 7.16. The van der Waals surface area contributed by atoms with Gasteiger partial charge in [-0.3, -0.25) is 0 Å². The summed E-state index contributed by atoms with van der Waals surface area (Å²) in [6, 6.07) is 10.1. The molecule has 0 unspecified atom stereocenters. The second-order valence-corrected chi connectivity index (χ2v) is 4.78. The molecule has 4 nitrogen and oxygen atoms in total. The van der Waals surface area contributed by atoms with Crippen molar-refractivity contribution in [1.82, 2.24) is 10.6 Å². The molecule has 1 aromatic heterocycles. The molecule has 2 aromatic rings. The van der Waals surface area contributed by atoms with Crippen molar-refractivity contribution < 1.29 is 13.9 Å². The van der Waals surface area contributed by atoms with Crippen molar-refractivity contribution >= 4 is 24.8 Å². The molecule has 0 bridgehead atoms. The molecule has 0 fully saturated rings. The Balaban J connectivity index is 0.00000242. The van der Waals surface area contributed by atoms with Gasteiger partial charge in [0.1, 0.15) is 17.3 Å². The number of rotatable bonds is 9. The summed E-state index contributed by atoms with van der Waals surface area (Å²) in [7, 11) is 0. The molecule has 0 aliphatic carbocycles. The third-order valence-corrected chi connectivity index (χ3v) is 3.09. The summed E-state index contributed by atoms with van der Waals surface area (Å²) in [6.45, 7) is 3.24. The van der Waals surface area contributed by atoms with Crippen molar-refractivity contribution in [1.29, 1.82) is 0 Å². The smallest absolute Gasteiger partial charge is 0.134 e. The highest BCUT2D eigenvalue weighted by atomic mass is 35.5. The van der Waals surface area contributed by atoms with Gasteiger partial charge in [0.2, 0.25) is 0 Å². The zero-order valence-corrected chi connectivity index (χ0v) is 14.4. The van der Waals surface area contributed by atoms with Crippen LogP contribution >= 0.6 is 24.8 Å². The molecule has 0 saturated heterocycles. The van der Waals surface area contributed by atoms with Crippen LogP contribution in [-0.4, -0.2) is 31.3 Å². The van der Waals surface area contributed by atoms with Crippen molar-refractivity contribution in [2.75, 3.05) is 26.2 Å². The van der Waals surface area contributed by atoms with E-state index in [-0.39, 0.29) is 37.2 Å². The van der Waals surface area contributed by atoms with Crippen LogP contribution in [0.4, 0.5) is 4.39 Å². The highest BCUT2D eigenvalue weighted by molar-refractivity contribution is 5.85. The van der Waals surface area contributed by atoms with Gasteiger partial charge in [-0.15, -0.1) is 24.8 Å². The Labute approximate surface area is 148 Å².